The maximum atomic E-state index is 12.1. The number of carboxylic acids is 1. The molecule has 0 atom stereocenters. The number of rotatable bonds is 8. The number of aliphatic carboxylic acids is 1. The van der Waals surface area contributed by atoms with Crippen LogP contribution in [-0.4, -0.2) is 41.8 Å². The molecule has 0 saturated carbocycles. The van der Waals surface area contributed by atoms with E-state index in [1.54, 1.807) is 0 Å². The summed E-state index contributed by atoms with van der Waals surface area (Å²) in [5, 5.41) is 14.1. The third-order valence-electron chi connectivity index (χ3n) is 5.18. The summed E-state index contributed by atoms with van der Waals surface area (Å²) in [7, 11) is 0. The molecule has 0 saturated heterocycles. The molecule has 7 nitrogen and oxygen atoms in total. The first kappa shape index (κ1) is 21.4. The molecule has 0 bridgehead atoms. The fourth-order valence-electron chi connectivity index (χ4n) is 3.55. The first-order chi connectivity index (χ1) is 14.3. The van der Waals surface area contributed by atoms with Gasteiger partial charge in [0.2, 0.25) is 5.91 Å². The van der Waals surface area contributed by atoms with Crippen LogP contribution < -0.4 is 10.6 Å². The van der Waals surface area contributed by atoms with Crippen LogP contribution in [0.4, 0.5) is 4.79 Å². The predicted octanol–water partition coefficient (Wildman–Crippen LogP) is 3.28. The quantitative estimate of drug-likeness (QED) is 0.579. The Morgan fingerprint density at radius 2 is 1.57 bits per heavy atom. The van der Waals surface area contributed by atoms with Gasteiger partial charge in [0.25, 0.3) is 0 Å². The summed E-state index contributed by atoms with van der Waals surface area (Å²) in [6, 6.07) is 16.2. The Balaban J connectivity index is 1.45. The van der Waals surface area contributed by atoms with E-state index in [0.29, 0.717) is 6.42 Å². The fourth-order valence-corrected chi connectivity index (χ4v) is 3.55. The molecule has 0 radical (unpaired) electrons. The lowest BCUT2D eigenvalue weighted by atomic mass is 9.98. The normalized spacial score (nSPS) is 12.6. The van der Waals surface area contributed by atoms with Gasteiger partial charge in [-0.3, -0.25) is 4.79 Å². The van der Waals surface area contributed by atoms with Gasteiger partial charge in [-0.1, -0.05) is 48.5 Å². The van der Waals surface area contributed by atoms with E-state index in [1.165, 1.54) is 13.8 Å². The number of fused-ring (bicyclic) bond motifs is 3. The molecular formula is C23H26N2O5. The maximum Gasteiger partial charge on any atom is 0.407 e. The van der Waals surface area contributed by atoms with Crippen molar-refractivity contribution in [2.24, 2.45) is 0 Å². The molecular weight excluding hydrogens is 384 g/mol. The third-order valence-corrected chi connectivity index (χ3v) is 5.18. The minimum absolute atomic E-state index is 0.00724. The molecule has 3 N–H and O–H groups in total. The van der Waals surface area contributed by atoms with E-state index in [-0.39, 0.29) is 31.4 Å². The van der Waals surface area contributed by atoms with Crippen LogP contribution in [0.3, 0.4) is 0 Å². The van der Waals surface area contributed by atoms with Gasteiger partial charge < -0.3 is 20.5 Å². The molecule has 0 aromatic heterocycles. The molecule has 0 spiro atoms. The number of carboxylic acid groups (broad SMARTS) is 1. The lowest BCUT2D eigenvalue weighted by Gasteiger charge is -2.20. The fraction of sp³-hybridized carbons (Fsp3) is 0.348. The highest BCUT2D eigenvalue weighted by molar-refractivity contribution is 5.86. The second-order valence-electron chi connectivity index (χ2n) is 7.83. The van der Waals surface area contributed by atoms with E-state index >= 15 is 0 Å². The van der Waals surface area contributed by atoms with Crippen molar-refractivity contribution < 1.29 is 24.2 Å². The van der Waals surface area contributed by atoms with E-state index in [1.807, 2.05) is 24.3 Å². The van der Waals surface area contributed by atoms with Crippen molar-refractivity contribution in [2.45, 2.75) is 38.1 Å². The average molecular weight is 410 g/mol. The minimum Gasteiger partial charge on any atom is -0.480 e. The van der Waals surface area contributed by atoms with Crippen molar-refractivity contribution in [1.82, 2.24) is 10.6 Å². The van der Waals surface area contributed by atoms with Gasteiger partial charge in [0.05, 0.1) is 0 Å². The monoisotopic (exact) mass is 410 g/mol. The van der Waals surface area contributed by atoms with Gasteiger partial charge in [-0.25, -0.2) is 9.59 Å². The van der Waals surface area contributed by atoms with Crippen LogP contribution in [0.15, 0.2) is 48.5 Å². The van der Waals surface area contributed by atoms with Gasteiger partial charge in [-0.05, 0) is 42.5 Å². The summed E-state index contributed by atoms with van der Waals surface area (Å²) >= 11 is 0. The number of carbonyl (C=O) groups excluding carboxylic acids is 2. The number of hydrogen-bond donors (Lipinski definition) is 3. The van der Waals surface area contributed by atoms with E-state index in [4.69, 9.17) is 9.84 Å². The molecule has 2 amide bonds. The van der Waals surface area contributed by atoms with Crippen molar-refractivity contribution in [3.63, 3.8) is 0 Å². The third kappa shape index (κ3) is 4.79. The number of nitrogens with one attached hydrogen (secondary N) is 2. The van der Waals surface area contributed by atoms with Crippen LogP contribution >= 0.6 is 0 Å². The molecule has 1 aliphatic carbocycles. The largest absolute Gasteiger partial charge is 0.480 e. The number of amides is 2. The lowest BCUT2D eigenvalue weighted by molar-refractivity contribution is -0.146. The van der Waals surface area contributed by atoms with Crippen molar-refractivity contribution in [3.05, 3.63) is 59.7 Å². The van der Waals surface area contributed by atoms with Crippen molar-refractivity contribution in [1.29, 1.82) is 0 Å². The summed E-state index contributed by atoms with van der Waals surface area (Å²) < 4.78 is 5.43. The molecule has 3 rings (SSSR count). The zero-order valence-electron chi connectivity index (χ0n) is 17.1. The van der Waals surface area contributed by atoms with Crippen molar-refractivity contribution >= 4 is 18.0 Å². The molecule has 0 fully saturated rings. The zero-order valence-corrected chi connectivity index (χ0v) is 17.1. The predicted molar refractivity (Wildman–Crippen MR) is 112 cm³/mol. The first-order valence-corrected chi connectivity index (χ1v) is 9.93. The Kier molecular flexibility index (Phi) is 6.40. The molecule has 2 aromatic rings. The van der Waals surface area contributed by atoms with E-state index in [0.717, 1.165) is 22.3 Å². The highest BCUT2D eigenvalue weighted by Crippen LogP contribution is 2.44. The SMILES string of the molecule is CC(C)(NC(=O)CCCNC(=O)OCC1c2ccccc2-c2ccccc21)C(=O)O. The topological polar surface area (TPSA) is 105 Å². The number of hydrogen-bond acceptors (Lipinski definition) is 4. The average Bonchev–Trinajstić information content (AvgIpc) is 3.03. The highest BCUT2D eigenvalue weighted by Gasteiger charge is 2.29. The molecule has 0 unspecified atom stereocenters. The Morgan fingerprint density at radius 1 is 1.00 bits per heavy atom. The highest BCUT2D eigenvalue weighted by atomic mass is 16.5. The summed E-state index contributed by atoms with van der Waals surface area (Å²) in [5.74, 6) is -1.49. The van der Waals surface area contributed by atoms with E-state index < -0.39 is 17.6 Å². The number of ether oxygens (including phenoxy) is 1. The Bertz CT molecular complexity index is 909. The maximum absolute atomic E-state index is 12.1. The van der Waals surface area contributed by atoms with Crippen molar-refractivity contribution in [3.8, 4) is 11.1 Å². The second kappa shape index (κ2) is 8.98. The van der Waals surface area contributed by atoms with Gasteiger partial charge >= 0.3 is 12.1 Å². The van der Waals surface area contributed by atoms with E-state index in [9.17, 15) is 14.4 Å². The van der Waals surface area contributed by atoms with Crippen LogP contribution in [0.25, 0.3) is 11.1 Å². The molecule has 2 aromatic carbocycles. The zero-order chi connectivity index (χ0) is 21.7. The Morgan fingerprint density at radius 3 is 2.13 bits per heavy atom. The molecule has 0 aliphatic heterocycles. The first-order valence-electron chi connectivity index (χ1n) is 9.93. The van der Waals surface area contributed by atoms with Gasteiger partial charge in [-0.15, -0.1) is 0 Å². The summed E-state index contributed by atoms with van der Waals surface area (Å²) in [5.41, 5.74) is 3.29. The second-order valence-corrected chi connectivity index (χ2v) is 7.83. The van der Waals surface area contributed by atoms with Gasteiger partial charge in [0, 0.05) is 18.9 Å². The van der Waals surface area contributed by atoms with Crippen molar-refractivity contribution in [2.75, 3.05) is 13.2 Å². The minimum atomic E-state index is -1.32. The Labute approximate surface area is 175 Å². The van der Waals surface area contributed by atoms with Crippen LogP contribution in [0.2, 0.25) is 0 Å². The summed E-state index contributed by atoms with van der Waals surface area (Å²) in [6.07, 6.45) is -0.0466. The summed E-state index contributed by atoms with van der Waals surface area (Å²) in [4.78, 5) is 34.9. The number of carbonyl (C=O) groups is 3. The van der Waals surface area contributed by atoms with Gasteiger partial charge in [-0.2, -0.15) is 0 Å². The molecule has 158 valence electrons. The van der Waals surface area contributed by atoms with Crippen LogP contribution in [-0.2, 0) is 14.3 Å². The molecule has 0 heterocycles. The molecule has 7 heteroatoms. The number of alkyl carbamates (subject to hydrolysis) is 1. The van der Waals surface area contributed by atoms with Gasteiger partial charge in [0.1, 0.15) is 12.1 Å². The Hall–Kier alpha value is -3.35. The molecule has 1 aliphatic rings. The van der Waals surface area contributed by atoms with E-state index in [2.05, 4.69) is 34.9 Å². The molecule has 30 heavy (non-hydrogen) atoms. The lowest BCUT2D eigenvalue weighted by Crippen LogP contribution is -2.49. The smallest absolute Gasteiger partial charge is 0.407 e. The van der Waals surface area contributed by atoms with Crippen LogP contribution in [0.1, 0.15) is 43.7 Å². The standard InChI is InChI=1S/C23H26N2O5/c1-23(2,21(27)28)25-20(26)12-7-13-24-22(29)30-14-19-17-10-5-3-8-15(17)16-9-4-6-11-18(16)19/h3-6,8-11,19H,7,12-14H2,1-2H3,(H,24,29)(H,25,26)(H,27,28). The number of benzene rings is 2. The van der Waals surface area contributed by atoms with Crippen LogP contribution in [0.5, 0.6) is 0 Å². The van der Waals surface area contributed by atoms with Gasteiger partial charge in [0.15, 0.2) is 0 Å². The summed E-state index contributed by atoms with van der Waals surface area (Å²) in [6.45, 7) is 3.33. The van der Waals surface area contributed by atoms with Crippen LogP contribution in [0, 0.1) is 0 Å².